The number of carbonyl (C=O) groups excluding carboxylic acids is 1. The minimum absolute atomic E-state index is 0.0945. The Morgan fingerprint density at radius 3 is 2.43 bits per heavy atom. The number of rotatable bonds is 3. The standard InChI is InChI=1S/C23H25N5O2/c1-18-8-10-19(11-9-18)24-23(30)27-15-5-14-26(16-17-27)21-12-13-22(29)28(25-21)20-6-3-2-4-7-20/h2-4,6-13H,5,14-17H2,1H3,(H,24,30). The Morgan fingerprint density at radius 2 is 1.67 bits per heavy atom. The number of urea groups is 1. The van der Waals surface area contributed by atoms with Gasteiger partial charge < -0.3 is 15.1 Å². The van der Waals surface area contributed by atoms with Crippen LogP contribution in [0.2, 0.25) is 0 Å². The zero-order chi connectivity index (χ0) is 20.9. The largest absolute Gasteiger partial charge is 0.353 e. The molecule has 154 valence electrons. The average Bonchev–Trinajstić information content (AvgIpc) is 3.03. The SMILES string of the molecule is Cc1ccc(NC(=O)N2CCCN(c3ccc(=O)n(-c4ccccc4)n3)CC2)cc1. The highest BCUT2D eigenvalue weighted by Crippen LogP contribution is 2.15. The first-order valence-corrected chi connectivity index (χ1v) is 10.1. The van der Waals surface area contributed by atoms with Gasteiger partial charge in [-0.05, 0) is 43.7 Å². The highest BCUT2D eigenvalue weighted by molar-refractivity contribution is 5.89. The molecule has 4 rings (SSSR count). The zero-order valence-corrected chi connectivity index (χ0v) is 17.0. The number of carbonyl (C=O) groups is 1. The van der Waals surface area contributed by atoms with Crippen LogP contribution >= 0.6 is 0 Å². The molecular formula is C23H25N5O2. The molecule has 2 aromatic carbocycles. The monoisotopic (exact) mass is 403 g/mol. The number of aromatic nitrogens is 2. The lowest BCUT2D eigenvalue weighted by molar-refractivity contribution is 0.215. The van der Waals surface area contributed by atoms with E-state index in [1.807, 2.05) is 66.4 Å². The number of benzene rings is 2. The van der Waals surface area contributed by atoms with Crippen LogP contribution < -0.4 is 15.8 Å². The van der Waals surface area contributed by atoms with Gasteiger partial charge in [-0.3, -0.25) is 4.79 Å². The number of anilines is 2. The van der Waals surface area contributed by atoms with Crippen molar-refractivity contribution in [3.8, 4) is 5.69 Å². The van der Waals surface area contributed by atoms with Crippen LogP contribution in [-0.2, 0) is 0 Å². The fourth-order valence-corrected chi connectivity index (χ4v) is 3.51. The minimum atomic E-state index is -0.168. The van der Waals surface area contributed by atoms with Gasteiger partial charge >= 0.3 is 6.03 Å². The lowest BCUT2D eigenvalue weighted by Crippen LogP contribution is -2.38. The Labute approximate surface area is 175 Å². The van der Waals surface area contributed by atoms with E-state index in [2.05, 4.69) is 15.3 Å². The third-order valence-electron chi connectivity index (χ3n) is 5.20. The Bertz CT molecular complexity index is 1060. The smallest absolute Gasteiger partial charge is 0.321 e. The van der Waals surface area contributed by atoms with E-state index < -0.39 is 0 Å². The van der Waals surface area contributed by atoms with E-state index in [4.69, 9.17) is 0 Å². The summed E-state index contributed by atoms with van der Waals surface area (Å²) in [6, 6.07) is 20.4. The van der Waals surface area contributed by atoms with E-state index in [0.29, 0.717) is 19.6 Å². The van der Waals surface area contributed by atoms with E-state index >= 15 is 0 Å². The van der Waals surface area contributed by atoms with Crippen molar-refractivity contribution in [1.29, 1.82) is 0 Å². The van der Waals surface area contributed by atoms with Crippen LogP contribution in [0, 0.1) is 6.92 Å². The van der Waals surface area contributed by atoms with Crippen molar-refractivity contribution < 1.29 is 4.79 Å². The first-order chi connectivity index (χ1) is 14.6. The number of para-hydroxylation sites is 1. The van der Waals surface area contributed by atoms with Crippen LogP contribution in [0.5, 0.6) is 0 Å². The summed E-state index contributed by atoms with van der Waals surface area (Å²) >= 11 is 0. The lowest BCUT2D eigenvalue weighted by Gasteiger charge is -2.23. The van der Waals surface area contributed by atoms with Crippen molar-refractivity contribution in [3.63, 3.8) is 0 Å². The summed E-state index contributed by atoms with van der Waals surface area (Å²) in [6.45, 7) is 4.70. The third-order valence-corrected chi connectivity index (χ3v) is 5.20. The summed E-state index contributed by atoms with van der Waals surface area (Å²) in [4.78, 5) is 28.9. The Morgan fingerprint density at radius 1 is 0.900 bits per heavy atom. The van der Waals surface area contributed by atoms with Gasteiger partial charge in [-0.1, -0.05) is 35.9 Å². The van der Waals surface area contributed by atoms with Gasteiger partial charge in [0.25, 0.3) is 5.56 Å². The van der Waals surface area contributed by atoms with Crippen LogP contribution in [0.3, 0.4) is 0 Å². The molecule has 0 unspecified atom stereocenters. The van der Waals surface area contributed by atoms with E-state index in [1.54, 1.807) is 12.1 Å². The predicted molar refractivity (Wildman–Crippen MR) is 118 cm³/mol. The number of hydrogen-bond donors (Lipinski definition) is 1. The van der Waals surface area contributed by atoms with Crippen molar-refractivity contribution in [1.82, 2.24) is 14.7 Å². The fraction of sp³-hybridized carbons (Fsp3) is 0.261. The summed E-state index contributed by atoms with van der Waals surface area (Å²) < 4.78 is 1.42. The highest BCUT2D eigenvalue weighted by atomic mass is 16.2. The second-order valence-electron chi connectivity index (χ2n) is 7.40. The van der Waals surface area contributed by atoms with Crippen molar-refractivity contribution in [2.24, 2.45) is 0 Å². The molecule has 0 spiro atoms. The number of hydrogen-bond acceptors (Lipinski definition) is 4. The molecule has 1 aliphatic rings. The molecule has 7 nitrogen and oxygen atoms in total. The molecule has 7 heteroatoms. The molecule has 3 aromatic rings. The zero-order valence-electron chi connectivity index (χ0n) is 17.0. The molecule has 1 fully saturated rings. The molecule has 2 heterocycles. The molecule has 1 N–H and O–H groups in total. The van der Waals surface area contributed by atoms with E-state index in [-0.39, 0.29) is 11.6 Å². The second-order valence-corrected chi connectivity index (χ2v) is 7.40. The number of nitrogens with zero attached hydrogens (tertiary/aromatic N) is 4. The fourth-order valence-electron chi connectivity index (χ4n) is 3.51. The van der Waals surface area contributed by atoms with Crippen molar-refractivity contribution in [3.05, 3.63) is 82.6 Å². The van der Waals surface area contributed by atoms with Crippen LogP contribution in [-0.4, -0.2) is 46.9 Å². The van der Waals surface area contributed by atoms with Crippen LogP contribution in [0.4, 0.5) is 16.3 Å². The number of nitrogens with one attached hydrogen (secondary N) is 1. The summed E-state index contributed by atoms with van der Waals surface area (Å²) in [5.74, 6) is 0.735. The van der Waals surface area contributed by atoms with Crippen molar-refractivity contribution >= 4 is 17.5 Å². The van der Waals surface area contributed by atoms with Gasteiger partial charge in [0, 0.05) is 37.9 Å². The number of aryl methyl sites for hydroxylation is 1. The Kier molecular flexibility index (Phi) is 5.79. The Balaban J connectivity index is 1.45. The second kappa shape index (κ2) is 8.82. The van der Waals surface area contributed by atoms with Gasteiger partial charge in [0.1, 0.15) is 5.82 Å². The molecule has 1 saturated heterocycles. The van der Waals surface area contributed by atoms with Gasteiger partial charge in [0.05, 0.1) is 5.69 Å². The molecule has 0 aliphatic carbocycles. The molecule has 1 aliphatic heterocycles. The molecule has 0 saturated carbocycles. The lowest BCUT2D eigenvalue weighted by atomic mass is 10.2. The average molecular weight is 403 g/mol. The van der Waals surface area contributed by atoms with Crippen LogP contribution in [0.25, 0.3) is 5.69 Å². The molecule has 0 bridgehead atoms. The highest BCUT2D eigenvalue weighted by Gasteiger charge is 2.20. The van der Waals surface area contributed by atoms with Gasteiger partial charge in [0.2, 0.25) is 0 Å². The summed E-state index contributed by atoms with van der Waals surface area (Å²) in [5.41, 5.74) is 2.52. The minimum Gasteiger partial charge on any atom is -0.353 e. The molecule has 2 amide bonds. The molecule has 0 atom stereocenters. The maximum absolute atomic E-state index is 12.7. The van der Waals surface area contributed by atoms with E-state index in [9.17, 15) is 9.59 Å². The topological polar surface area (TPSA) is 70.5 Å². The first kappa shape index (κ1) is 19.7. The summed E-state index contributed by atoms with van der Waals surface area (Å²) in [6.07, 6.45) is 0.827. The molecule has 0 radical (unpaired) electrons. The van der Waals surface area contributed by atoms with Gasteiger partial charge in [0.15, 0.2) is 0 Å². The van der Waals surface area contributed by atoms with Crippen molar-refractivity contribution in [2.75, 3.05) is 36.4 Å². The van der Waals surface area contributed by atoms with Gasteiger partial charge in [-0.2, -0.15) is 4.68 Å². The van der Waals surface area contributed by atoms with Gasteiger partial charge in [-0.25, -0.2) is 4.79 Å². The van der Waals surface area contributed by atoms with Crippen LogP contribution in [0.1, 0.15) is 12.0 Å². The molecule has 30 heavy (non-hydrogen) atoms. The Hall–Kier alpha value is -3.61. The van der Waals surface area contributed by atoms with E-state index in [0.717, 1.165) is 35.7 Å². The van der Waals surface area contributed by atoms with Crippen molar-refractivity contribution in [2.45, 2.75) is 13.3 Å². The normalized spacial score (nSPS) is 14.3. The summed E-state index contributed by atoms with van der Waals surface area (Å²) in [5, 5.41) is 7.53. The third kappa shape index (κ3) is 4.51. The predicted octanol–water partition coefficient (Wildman–Crippen LogP) is 3.29. The van der Waals surface area contributed by atoms with Crippen LogP contribution in [0.15, 0.2) is 71.5 Å². The summed E-state index contributed by atoms with van der Waals surface area (Å²) in [7, 11) is 0. The molecular weight excluding hydrogens is 378 g/mol. The van der Waals surface area contributed by atoms with Gasteiger partial charge in [-0.15, -0.1) is 5.10 Å². The number of amides is 2. The quantitative estimate of drug-likeness (QED) is 0.729. The molecule has 1 aromatic heterocycles. The first-order valence-electron chi connectivity index (χ1n) is 10.1. The maximum Gasteiger partial charge on any atom is 0.321 e. The maximum atomic E-state index is 12.7. The van der Waals surface area contributed by atoms with E-state index in [1.165, 1.54) is 4.68 Å².